The zero-order valence-electron chi connectivity index (χ0n) is 17.1. The Morgan fingerprint density at radius 1 is 1.17 bits per heavy atom. The first-order valence-corrected chi connectivity index (χ1v) is 13.3. The highest BCUT2D eigenvalue weighted by Crippen LogP contribution is 2.29. The van der Waals surface area contributed by atoms with Crippen LogP contribution in [0, 0.1) is 5.92 Å². The molecule has 6 nitrogen and oxygen atoms in total. The van der Waals surface area contributed by atoms with Gasteiger partial charge in [0, 0.05) is 30.8 Å². The van der Waals surface area contributed by atoms with Crippen molar-refractivity contribution in [1.82, 2.24) is 15.0 Å². The summed E-state index contributed by atoms with van der Waals surface area (Å²) in [6.45, 7) is 2.25. The van der Waals surface area contributed by atoms with Gasteiger partial charge in [0.15, 0.2) is 0 Å². The van der Waals surface area contributed by atoms with Gasteiger partial charge in [-0.25, -0.2) is 23.4 Å². The van der Waals surface area contributed by atoms with E-state index in [0.717, 1.165) is 51.6 Å². The van der Waals surface area contributed by atoms with Crippen LogP contribution in [0.1, 0.15) is 30.6 Å². The monoisotopic (exact) mass is 450 g/mol. The molecule has 2 aromatic heterocycles. The average molecular weight is 451 g/mol. The van der Waals surface area contributed by atoms with E-state index >= 15 is 0 Å². The maximum absolute atomic E-state index is 11.8. The van der Waals surface area contributed by atoms with Crippen LogP contribution in [0.4, 0.5) is 5.69 Å². The van der Waals surface area contributed by atoms with E-state index in [1.54, 1.807) is 36.2 Å². The number of hydrogen-bond donors (Lipinski definition) is 0. The van der Waals surface area contributed by atoms with Gasteiger partial charge in [-0.15, -0.1) is 23.1 Å². The van der Waals surface area contributed by atoms with Gasteiger partial charge >= 0.3 is 0 Å². The molecule has 156 valence electrons. The minimum atomic E-state index is -3.27. The lowest BCUT2D eigenvalue weighted by Gasteiger charge is -2.16. The molecule has 0 aliphatic carbocycles. The fourth-order valence-electron chi connectivity index (χ4n) is 2.92. The quantitative estimate of drug-likeness (QED) is 0.450. The number of nitrogens with zero attached hydrogens (tertiary/aromatic N) is 4. The molecule has 29 heavy (non-hydrogen) atoms. The molecule has 0 saturated heterocycles. The number of anilines is 1. The highest BCUT2D eigenvalue weighted by molar-refractivity contribution is 7.98. The molecule has 0 aliphatic heterocycles. The minimum Gasteiger partial charge on any atom is -0.273 e. The number of thiazole rings is 1. The first-order valence-electron chi connectivity index (χ1n) is 9.44. The number of fused-ring (bicyclic) bond motifs is 1. The predicted octanol–water partition coefficient (Wildman–Crippen LogP) is 4.41. The fraction of sp³-hybridized carbons (Fsp3) is 0.450. The van der Waals surface area contributed by atoms with Gasteiger partial charge in [0.05, 0.1) is 27.2 Å². The Morgan fingerprint density at radius 3 is 2.52 bits per heavy atom. The summed E-state index contributed by atoms with van der Waals surface area (Å²) in [6, 6.07) is 5.60. The van der Waals surface area contributed by atoms with Gasteiger partial charge in [-0.2, -0.15) is 0 Å². The average Bonchev–Trinajstić information content (AvgIpc) is 3.12. The second-order valence-corrected chi connectivity index (χ2v) is 11.2. The van der Waals surface area contributed by atoms with Gasteiger partial charge in [0.2, 0.25) is 10.0 Å². The molecule has 0 fully saturated rings. The normalized spacial score (nSPS) is 13.0. The first-order chi connectivity index (χ1) is 13.8. The van der Waals surface area contributed by atoms with Crippen molar-refractivity contribution in [3.05, 3.63) is 41.4 Å². The SMILES string of the molecule is CSc1cnc(CCC(C)CCc2nc3ccc(N(C)S(C)(=O)=O)cc3s2)nc1. The number of aryl methyl sites for hydroxylation is 2. The van der Waals surface area contributed by atoms with Crippen molar-refractivity contribution >= 4 is 49.0 Å². The van der Waals surface area contributed by atoms with E-state index in [2.05, 4.69) is 16.9 Å². The molecule has 0 N–H and O–H groups in total. The fourth-order valence-corrected chi connectivity index (χ4v) is 4.75. The molecule has 0 radical (unpaired) electrons. The van der Waals surface area contributed by atoms with E-state index in [4.69, 9.17) is 4.98 Å². The summed E-state index contributed by atoms with van der Waals surface area (Å²) in [4.78, 5) is 14.6. The molecule has 0 bridgehead atoms. The molecular formula is C20H26N4O2S3. The number of aromatic nitrogens is 3. The summed E-state index contributed by atoms with van der Waals surface area (Å²) < 4.78 is 25.8. The van der Waals surface area contributed by atoms with Gasteiger partial charge in [-0.05, 0) is 49.6 Å². The molecule has 0 amide bonds. The Kier molecular flexibility index (Phi) is 7.13. The molecule has 1 unspecified atom stereocenters. The van der Waals surface area contributed by atoms with Gasteiger partial charge < -0.3 is 0 Å². The third-order valence-corrected chi connectivity index (χ3v) is 7.87. The molecule has 0 spiro atoms. The van der Waals surface area contributed by atoms with Gasteiger partial charge in [-0.1, -0.05) is 6.92 Å². The van der Waals surface area contributed by atoms with E-state index in [-0.39, 0.29) is 0 Å². The van der Waals surface area contributed by atoms with Crippen LogP contribution in [0.5, 0.6) is 0 Å². The Morgan fingerprint density at radius 2 is 1.86 bits per heavy atom. The van der Waals surface area contributed by atoms with Crippen molar-refractivity contribution in [3.63, 3.8) is 0 Å². The summed E-state index contributed by atoms with van der Waals surface area (Å²) >= 11 is 3.29. The van der Waals surface area contributed by atoms with E-state index in [1.807, 2.05) is 30.8 Å². The van der Waals surface area contributed by atoms with Crippen molar-refractivity contribution in [3.8, 4) is 0 Å². The lowest BCUT2D eigenvalue weighted by molar-refractivity contribution is 0.486. The van der Waals surface area contributed by atoms with Crippen LogP contribution in [0.3, 0.4) is 0 Å². The van der Waals surface area contributed by atoms with Crippen LogP contribution in [0.2, 0.25) is 0 Å². The number of benzene rings is 1. The van der Waals surface area contributed by atoms with Crippen LogP contribution in [0.15, 0.2) is 35.5 Å². The van der Waals surface area contributed by atoms with E-state index < -0.39 is 10.0 Å². The summed E-state index contributed by atoms with van der Waals surface area (Å²) in [5, 5.41) is 1.09. The maximum Gasteiger partial charge on any atom is 0.231 e. The zero-order chi connectivity index (χ0) is 21.0. The largest absolute Gasteiger partial charge is 0.273 e. The van der Waals surface area contributed by atoms with E-state index in [1.165, 1.54) is 10.6 Å². The molecule has 1 atom stereocenters. The first kappa shape index (κ1) is 22.0. The lowest BCUT2D eigenvalue weighted by Crippen LogP contribution is -2.24. The molecule has 3 aromatic rings. The van der Waals surface area contributed by atoms with Gasteiger partial charge in [0.1, 0.15) is 5.82 Å². The van der Waals surface area contributed by atoms with Crippen LogP contribution in [-0.4, -0.2) is 42.9 Å². The van der Waals surface area contributed by atoms with Crippen LogP contribution < -0.4 is 4.31 Å². The highest BCUT2D eigenvalue weighted by Gasteiger charge is 2.14. The van der Waals surface area contributed by atoms with Crippen molar-refractivity contribution in [2.24, 2.45) is 5.92 Å². The molecule has 0 aliphatic rings. The van der Waals surface area contributed by atoms with Gasteiger partial charge in [0.25, 0.3) is 0 Å². The van der Waals surface area contributed by atoms with Crippen molar-refractivity contribution in [1.29, 1.82) is 0 Å². The number of hydrogen-bond acceptors (Lipinski definition) is 7. The number of sulfonamides is 1. The van der Waals surface area contributed by atoms with Crippen LogP contribution in [-0.2, 0) is 22.9 Å². The number of rotatable bonds is 9. The second-order valence-electron chi connectivity index (χ2n) is 7.21. The lowest BCUT2D eigenvalue weighted by atomic mass is 10.00. The Bertz CT molecular complexity index is 1070. The third-order valence-electron chi connectivity index (χ3n) is 4.91. The molecule has 2 heterocycles. The molecular weight excluding hydrogens is 424 g/mol. The number of thioether (sulfide) groups is 1. The van der Waals surface area contributed by atoms with Crippen molar-refractivity contribution in [2.45, 2.75) is 37.5 Å². The summed E-state index contributed by atoms with van der Waals surface area (Å²) in [7, 11) is -1.70. The third kappa shape index (κ3) is 5.90. The molecule has 9 heteroatoms. The van der Waals surface area contributed by atoms with Crippen molar-refractivity contribution < 1.29 is 8.42 Å². The summed E-state index contributed by atoms with van der Waals surface area (Å²) in [5.74, 6) is 1.45. The second kappa shape index (κ2) is 9.40. The predicted molar refractivity (Wildman–Crippen MR) is 122 cm³/mol. The maximum atomic E-state index is 11.8. The zero-order valence-corrected chi connectivity index (χ0v) is 19.6. The molecule has 1 aromatic carbocycles. The van der Waals surface area contributed by atoms with E-state index in [9.17, 15) is 8.42 Å². The molecule has 0 saturated carbocycles. The van der Waals surface area contributed by atoms with Crippen molar-refractivity contribution in [2.75, 3.05) is 23.9 Å². The van der Waals surface area contributed by atoms with Gasteiger partial charge in [-0.3, -0.25) is 4.31 Å². The highest BCUT2D eigenvalue weighted by atomic mass is 32.2. The summed E-state index contributed by atoms with van der Waals surface area (Å²) in [5.41, 5.74) is 1.58. The Labute approximate surface area is 180 Å². The summed E-state index contributed by atoms with van der Waals surface area (Å²) in [6.07, 6.45) is 10.9. The standard InChI is InChI=1S/C20H26N4O2S3/c1-14(5-9-19-21-12-16(27-3)13-22-19)6-10-20-23-17-8-7-15(11-18(17)28-20)24(2)29(4,25)26/h7-8,11-14H,5-6,9-10H2,1-4H3. The van der Waals surface area contributed by atoms with Crippen LogP contribution >= 0.6 is 23.1 Å². The Balaban J connectivity index is 1.56. The Hall–Kier alpha value is -1.71. The van der Waals surface area contributed by atoms with E-state index in [0.29, 0.717) is 11.6 Å². The topological polar surface area (TPSA) is 76.1 Å². The van der Waals surface area contributed by atoms with Crippen LogP contribution in [0.25, 0.3) is 10.2 Å². The smallest absolute Gasteiger partial charge is 0.231 e. The molecule has 3 rings (SSSR count). The minimum absolute atomic E-state index is 0.553.